The third-order valence-electron chi connectivity index (χ3n) is 4.38. The molecule has 3 rings (SSSR count). The fraction of sp³-hybridized carbons (Fsp3) is 0.368. The predicted molar refractivity (Wildman–Crippen MR) is 94.4 cm³/mol. The van der Waals surface area contributed by atoms with Crippen LogP contribution in [0.5, 0.6) is 0 Å². The number of hydrogen-bond acceptors (Lipinski definition) is 3. The molecule has 128 valence electrons. The Morgan fingerprint density at radius 1 is 1.00 bits per heavy atom. The number of benzene rings is 2. The molecule has 0 amide bonds. The second-order valence-corrected chi connectivity index (χ2v) is 8.42. The van der Waals surface area contributed by atoms with Crippen molar-refractivity contribution in [3.63, 3.8) is 0 Å². The van der Waals surface area contributed by atoms with Crippen LogP contribution < -0.4 is 0 Å². The summed E-state index contributed by atoms with van der Waals surface area (Å²) in [5, 5.41) is 0. The van der Waals surface area contributed by atoms with Gasteiger partial charge in [0.25, 0.3) is 0 Å². The van der Waals surface area contributed by atoms with Crippen LogP contribution in [0.1, 0.15) is 22.3 Å². The highest BCUT2D eigenvalue weighted by molar-refractivity contribution is 7.89. The highest BCUT2D eigenvalue weighted by Crippen LogP contribution is 2.26. The summed E-state index contributed by atoms with van der Waals surface area (Å²) in [6.45, 7) is 7.14. The van der Waals surface area contributed by atoms with Gasteiger partial charge in [0.05, 0.1) is 17.6 Å². The van der Waals surface area contributed by atoms with Gasteiger partial charge in [-0.2, -0.15) is 4.31 Å². The van der Waals surface area contributed by atoms with E-state index in [4.69, 9.17) is 4.74 Å². The van der Waals surface area contributed by atoms with Crippen LogP contribution in [0.15, 0.2) is 47.4 Å². The van der Waals surface area contributed by atoms with Gasteiger partial charge in [0.2, 0.25) is 10.0 Å². The van der Waals surface area contributed by atoms with Crippen molar-refractivity contribution in [3.8, 4) is 0 Å². The topological polar surface area (TPSA) is 46.6 Å². The first-order valence-electron chi connectivity index (χ1n) is 8.11. The van der Waals surface area contributed by atoms with Crippen LogP contribution in [0.25, 0.3) is 0 Å². The summed E-state index contributed by atoms with van der Waals surface area (Å²) < 4.78 is 32.7. The van der Waals surface area contributed by atoms with E-state index in [2.05, 4.69) is 12.1 Å². The minimum Gasteiger partial charge on any atom is -0.371 e. The van der Waals surface area contributed by atoms with Crippen LogP contribution in [0, 0.1) is 20.8 Å². The van der Waals surface area contributed by atoms with Crippen LogP contribution in [-0.2, 0) is 21.4 Å². The maximum absolute atomic E-state index is 12.7. The zero-order valence-electron chi connectivity index (χ0n) is 14.3. The maximum Gasteiger partial charge on any atom is 0.243 e. The molecular formula is C19H23NO3S. The first kappa shape index (κ1) is 17.1. The van der Waals surface area contributed by atoms with Crippen molar-refractivity contribution >= 4 is 10.0 Å². The van der Waals surface area contributed by atoms with Crippen molar-refractivity contribution in [2.24, 2.45) is 0 Å². The summed E-state index contributed by atoms with van der Waals surface area (Å²) in [6.07, 6.45) is -0.0359. The van der Waals surface area contributed by atoms with Gasteiger partial charge in [0.1, 0.15) is 0 Å². The molecule has 1 aliphatic heterocycles. The number of nitrogens with zero attached hydrogens (tertiary/aromatic N) is 1. The fourth-order valence-corrected chi connectivity index (χ4v) is 4.54. The molecule has 1 aliphatic rings. The molecule has 0 atom stereocenters. The van der Waals surface area contributed by atoms with Gasteiger partial charge >= 0.3 is 0 Å². The van der Waals surface area contributed by atoms with Crippen LogP contribution in [0.4, 0.5) is 0 Å². The van der Waals surface area contributed by atoms with E-state index in [1.54, 1.807) is 6.07 Å². The van der Waals surface area contributed by atoms with Crippen molar-refractivity contribution in [1.82, 2.24) is 4.31 Å². The van der Waals surface area contributed by atoms with Gasteiger partial charge in [-0.3, -0.25) is 0 Å². The quantitative estimate of drug-likeness (QED) is 0.836. The third kappa shape index (κ3) is 3.53. The molecule has 0 radical (unpaired) electrons. The monoisotopic (exact) mass is 345 g/mol. The highest BCUT2D eigenvalue weighted by atomic mass is 32.2. The average molecular weight is 345 g/mol. The lowest BCUT2D eigenvalue weighted by Gasteiger charge is -2.38. The van der Waals surface area contributed by atoms with Crippen molar-refractivity contribution < 1.29 is 13.2 Å². The lowest BCUT2D eigenvalue weighted by atomic mass is 10.1. The lowest BCUT2D eigenvalue weighted by molar-refractivity contribution is -0.0295. The van der Waals surface area contributed by atoms with E-state index in [-0.39, 0.29) is 6.10 Å². The fourth-order valence-electron chi connectivity index (χ4n) is 2.73. The van der Waals surface area contributed by atoms with Crippen molar-refractivity contribution in [3.05, 3.63) is 64.7 Å². The summed E-state index contributed by atoms with van der Waals surface area (Å²) >= 11 is 0. The summed E-state index contributed by atoms with van der Waals surface area (Å²) in [4.78, 5) is 0.402. The molecule has 4 nitrogen and oxygen atoms in total. The Morgan fingerprint density at radius 2 is 1.62 bits per heavy atom. The second-order valence-electron chi connectivity index (χ2n) is 6.51. The standard InChI is InChI=1S/C19H23NO3S/c1-14-5-8-17(9-6-14)13-23-18-11-20(12-18)24(21,22)19-10-15(2)4-7-16(19)3/h4-10,18H,11-13H2,1-3H3. The molecule has 0 aliphatic carbocycles. The van der Waals surface area contributed by atoms with Gasteiger partial charge in [-0.25, -0.2) is 8.42 Å². The second kappa shape index (κ2) is 6.67. The lowest BCUT2D eigenvalue weighted by Crippen LogP contribution is -2.54. The number of rotatable bonds is 5. The third-order valence-corrected chi connectivity index (χ3v) is 6.36. The van der Waals surface area contributed by atoms with Gasteiger partial charge in [-0.15, -0.1) is 0 Å². The zero-order chi connectivity index (χ0) is 17.3. The smallest absolute Gasteiger partial charge is 0.243 e. The Kier molecular flexibility index (Phi) is 4.76. The van der Waals surface area contributed by atoms with Gasteiger partial charge in [0, 0.05) is 13.1 Å². The first-order valence-corrected chi connectivity index (χ1v) is 9.55. The Labute approximate surface area is 144 Å². The molecule has 24 heavy (non-hydrogen) atoms. The molecule has 0 saturated carbocycles. The van der Waals surface area contributed by atoms with Crippen LogP contribution in [0.2, 0.25) is 0 Å². The Balaban J connectivity index is 1.59. The molecule has 5 heteroatoms. The van der Waals surface area contributed by atoms with Crippen molar-refractivity contribution in [1.29, 1.82) is 0 Å². The minimum atomic E-state index is -3.42. The Bertz CT molecular complexity index is 822. The predicted octanol–water partition coefficient (Wildman–Crippen LogP) is 3.20. The molecular weight excluding hydrogens is 322 g/mol. The Hall–Kier alpha value is -1.69. The summed E-state index contributed by atoms with van der Waals surface area (Å²) in [6, 6.07) is 13.7. The number of aryl methyl sites for hydroxylation is 3. The normalized spacial score (nSPS) is 16.1. The molecule has 0 aromatic heterocycles. The van der Waals surface area contributed by atoms with E-state index in [0.717, 1.165) is 16.7 Å². The molecule has 0 unspecified atom stereocenters. The minimum absolute atomic E-state index is 0.0359. The molecule has 2 aromatic carbocycles. The highest BCUT2D eigenvalue weighted by Gasteiger charge is 2.38. The largest absolute Gasteiger partial charge is 0.371 e. The van der Waals surface area contributed by atoms with Crippen LogP contribution >= 0.6 is 0 Å². The molecule has 0 N–H and O–H groups in total. The summed E-state index contributed by atoms with van der Waals surface area (Å²) in [5.41, 5.74) is 4.06. The molecule has 1 fully saturated rings. The maximum atomic E-state index is 12.7. The average Bonchev–Trinajstić information content (AvgIpc) is 2.49. The molecule has 2 aromatic rings. The zero-order valence-corrected chi connectivity index (χ0v) is 15.1. The number of sulfonamides is 1. The molecule has 0 bridgehead atoms. The van der Waals surface area contributed by atoms with Crippen LogP contribution in [-0.4, -0.2) is 31.9 Å². The first-order chi connectivity index (χ1) is 11.4. The number of ether oxygens (including phenoxy) is 1. The Morgan fingerprint density at radius 3 is 2.29 bits per heavy atom. The van der Waals surface area contributed by atoms with E-state index in [0.29, 0.717) is 24.6 Å². The van der Waals surface area contributed by atoms with E-state index in [1.165, 1.54) is 9.87 Å². The molecule has 0 spiro atoms. The van der Waals surface area contributed by atoms with Crippen molar-refractivity contribution in [2.45, 2.75) is 38.4 Å². The van der Waals surface area contributed by atoms with Gasteiger partial charge in [0.15, 0.2) is 0 Å². The van der Waals surface area contributed by atoms with E-state index in [1.807, 2.05) is 45.0 Å². The number of hydrogen-bond donors (Lipinski definition) is 0. The summed E-state index contributed by atoms with van der Waals surface area (Å²) in [7, 11) is -3.42. The van der Waals surface area contributed by atoms with Gasteiger partial charge in [-0.05, 0) is 43.5 Å². The van der Waals surface area contributed by atoms with E-state index in [9.17, 15) is 8.42 Å². The van der Waals surface area contributed by atoms with Crippen LogP contribution in [0.3, 0.4) is 0 Å². The SMILES string of the molecule is Cc1ccc(COC2CN(S(=O)(=O)c3cc(C)ccc3C)C2)cc1. The van der Waals surface area contributed by atoms with Crippen molar-refractivity contribution in [2.75, 3.05) is 13.1 Å². The van der Waals surface area contributed by atoms with E-state index >= 15 is 0 Å². The van der Waals surface area contributed by atoms with E-state index < -0.39 is 10.0 Å². The molecule has 1 heterocycles. The van der Waals surface area contributed by atoms with Gasteiger partial charge in [-0.1, -0.05) is 42.0 Å². The van der Waals surface area contributed by atoms with Gasteiger partial charge < -0.3 is 4.74 Å². The molecule has 1 saturated heterocycles. The summed E-state index contributed by atoms with van der Waals surface area (Å²) in [5.74, 6) is 0.